The van der Waals surface area contributed by atoms with Gasteiger partial charge in [0.2, 0.25) is 0 Å². The molecule has 1 N–H and O–H groups in total. The average Bonchev–Trinajstić information content (AvgIpc) is 2.71. The monoisotopic (exact) mass is 246 g/mol. The van der Waals surface area contributed by atoms with Crippen molar-refractivity contribution in [3.05, 3.63) is 29.3 Å². The van der Waals surface area contributed by atoms with E-state index in [1.54, 1.807) is 0 Å². The number of nitrogens with zero attached hydrogens (tertiary/aromatic N) is 1. The second-order valence-electron chi connectivity index (χ2n) is 4.92. The summed E-state index contributed by atoms with van der Waals surface area (Å²) >= 11 is 1.81. The molecule has 0 radical (unpaired) electrons. The second-order valence-corrected chi connectivity index (χ2v) is 6.03. The third-order valence-electron chi connectivity index (χ3n) is 3.94. The number of fused-ring (bicyclic) bond motifs is 1. The molecule has 0 amide bonds. The van der Waals surface area contributed by atoms with Crippen molar-refractivity contribution in [3.63, 3.8) is 0 Å². The maximum atomic E-state index is 4.66. The van der Waals surface area contributed by atoms with E-state index in [4.69, 9.17) is 0 Å². The van der Waals surface area contributed by atoms with Crippen LogP contribution in [0.1, 0.15) is 37.6 Å². The zero-order valence-corrected chi connectivity index (χ0v) is 11.0. The van der Waals surface area contributed by atoms with Crippen LogP contribution in [0.2, 0.25) is 0 Å². The van der Waals surface area contributed by atoms with Crippen molar-refractivity contribution in [1.82, 2.24) is 10.3 Å². The molecule has 1 heterocycles. The first-order valence-electron chi connectivity index (χ1n) is 6.41. The molecule has 3 heteroatoms. The van der Waals surface area contributed by atoms with Gasteiger partial charge in [-0.05, 0) is 37.8 Å². The SMILES string of the molecule is CCC1(NCc2nc3ccccc3s2)CCC1. The minimum atomic E-state index is 0.415. The molecule has 1 saturated carbocycles. The van der Waals surface area contributed by atoms with Gasteiger partial charge in [0.05, 0.1) is 10.2 Å². The van der Waals surface area contributed by atoms with Crippen molar-refractivity contribution in [2.24, 2.45) is 0 Å². The summed E-state index contributed by atoms with van der Waals surface area (Å²) in [6.07, 6.45) is 5.27. The van der Waals surface area contributed by atoms with Crippen LogP contribution in [-0.2, 0) is 6.54 Å². The molecule has 0 aliphatic heterocycles. The zero-order valence-electron chi connectivity index (χ0n) is 10.2. The smallest absolute Gasteiger partial charge is 0.108 e. The Labute approximate surface area is 106 Å². The molecule has 1 aromatic carbocycles. The van der Waals surface area contributed by atoms with E-state index < -0.39 is 0 Å². The van der Waals surface area contributed by atoms with E-state index in [9.17, 15) is 0 Å². The topological polar surface area (TPSA) is 24.9 Å². The standard InChI is InChI=1S/C14H18N2S/c1-2-14(8-5-9-14)15-10-13-16-11-6-3-4-7-12(11)17-13/h3-4,6-7,15H,2,5,8-10H2,1H3. The summed E-state index contributed by atoms with van der Waals surface area (Å²) in [5.41, 5.74) is 1.55. The summed E-state index contributed by atoms with van der Waals surface area (Å²) in [6, 6.07) is 8.37. The highest BCUT2D eigenvalue weighted by molar-refractivity contribution is 7.18. The number of aromatic nitrogens is 1. The van der Waals surface area contributed by atoms with Crippen LogP contribution in [0.15, 0.2) is 24.3 Å². The van der Waals surface area contributed by atoms with E-state index in [1.165, 1.54) is 35.4 Å². The lowest BCUT2D eigenvalue weighted by Gasteiger charge is -2.42. The van der Waals surface area contributed by atoms with Crippen molar-refractivity contribution < 1.29 is 0 Å². The lowest BCUT2D eigenvalue weighted by Crippen LogP contribution is -2.49. The van der Waals surface area contributed by atoms with Gasteiger partial charge in [-0.1, -0.05) is 19.1 Å². The van der Waals surface area contributed by atoms with Crippen LogP contribution < -0.4 is 5.32 Å². The second kappa shape index (κ2) is 4.39. The van der Waals surface area contributed by atoms with E-state index in [-0.39, 0.29) is 0 Å². The zero-order chi connectivity index (χ0) is 11.7. The van der Waals surface area contributed by atoms with Gasteiger partial charge in [0, 0.05) is 12.1 Å². The van der Waals surface area contributed by atoms with E-state index >= 15 is 0 Å². The van der Waals surface area contributed by atoms with Gasteiger partial charge in [-0.15, -0.1) is 11.3 Å². The fraction of sp³-hybridized carbons (Fsp3) is 0.500. The number of rotatable bonds is 4. The number of thiazole rings is 1. The Kier molecular flexibility index (Phi) is 2.89. The Morgan fingerprint density at radius 2 is 2.18 bits per heavy atom. The van der Waals surface area contributed by atoms with Crippen LogP contribution >= 0.6 is 11.3 Å². The maximum Gasteiger partial charge on any atom is 0.108 e. The molecular formula is C14H18N2S. The van der Waals surface area contributed by atoms with Gasteiger partial charge in [0.1, 0.15) is 5.01 Å². The molecule has 1 fully saturated rings. The molecule has 0 unspecified atom stereocenters. The molecule has 1 aromatic heterocycles. The number of hydrogen-bond acceptors (Lipinski definition) is 3. The van der Waals surface area contributed by atoms with Crippen molar-refractivity contribution in [1.29, 1.82) is 0 Å². The summed E-state index contributed by atoms with van der Waals surface area (Å²) < 4.78 is 1.29. The van der Waals surface area contributed by atoms with Gasteiger partial charge in [0.15, 0.2) is 0 Å². The van der Waals surface area contributed by atoms with Crippen LogP contribution in [-0.4, -0.2) is 10.5 Å². The molecule has 0 bridgehead atoms. The molecular weight excluding hydrogens is 228 g/mol. The molecule has 0 spiro atoms. The molecule has 2 nitrogen and oxygen atoms in total. The van der Waals surface area contributed by atoms with Gasteiger partial charge < -0.3 is 5.32 Å². The van der Waals surface area contributed by atoms with E-state index in [0.717, 1.165) is 12.1 Å². The maximum absolute atomic E-state index is 4.66. The van der Waals surface area contributed by atoms with Crippen LogP contribution in [0, 0.1) is 0 Å². The fourth-order valence-corrected chi connectivity index (χ4v) is 3.42. The number of hydrogen-bond donors (Lipinski definition) is 1. The lowest BCUT2D eigenvalue weighted by atomic mass is 9.75. The molecule has 0 saturated heterocycles. The van der Waals surface area contributed by atoms with Crippen LogP contribution in [0.3, 0.4) is 0 Å². The third kappa shape index (κ3) is 2.09. The minimum absolute atomic E-state index is 0.415. The normalized spacial score (nSPS) is 18.2. The summed E-state index contributed by atoms with van der Waals surface area (Å²) in [4.78, 5) is 4.66. The van der Waals surface area contributed by atoms with Crippen LogP contribution in [0.4, 0.5) is 0 Å². The van der Waals surface area contributed by atoms with E-state index in [0.29, 0.717) is 5.54 Å². The van der Waals surface area contributed by atoms with Gasteiger partial charge in [0.25, 0.3) is 0 Å². The van der Waals surface area contributed by atoms with E-state index in [2.05, 4.69) is 41.5 Å². The highest BCUT2D eigenvalue weighted by atomic mass is 32.1. The lowest BCUT2D eigenvalue weighted by molar-refractivity contribution is 0.175. The molecule has 17 heavy (non-hydrogen) atoms. The number of para-hydroxylation sites is 1. The minimum Gasteiger partial charge on any atom is -0.305 e. The first-order chi connectivity index (χ1) is 8.31. The van der Waals surface area contributed by atoms with Crippen molar-refractivity contribution in [3.8, 4) is 0 Å². The third-order valence-corrected chi connectivity index (χ3v) is 4.98. The highest BCUT2D eigenvalue weighted by Crippen LogP contribution is 2.35. The predicted molar refractivity (Wildman–Crippen MR) is 73.3 cm³/mol. The highest BCUT2D eigenvalue weighted by Gasteiger charge is 2.34. The summed E-state index contributed by atoms with van der Waals surface area (Å²) in [7, 11) is 0. The van der Waals surface area contributed by atoms with Gasteiger partial charge in [-0.2, -0.15) is 0 Å². The number of benzene rings is 1. The number of nitrogens with one attached hydrogen (secondary N) is 1. The first kappa shape index (κ1) is 11.2. The Bertz CT molecular complexity index is 475. The van der Waals surface area contributed by atoms with Crippen molar-refractivity contribution >= 4 is 21.6 Å². The summed E-state index contributed by atoms with van der Waals surface area (Å²) in [5.74, 6) is 0. The molecule has 1 aliphatic carbocycles. The van der Waals surface area contributed by atoms with Gasteiger partial charge >= 0.3 is 0 Å². The fourth-order valence-electron chi connectivity index (χ4n) is 2.52. The van der Waals surface area contributed by atoms with Gasteiger partial charge in [-0.3, -0.25) is 0 Å². The molecule has 90 valence electrons. The van der Waals surface area contributed by atoms with Crippen LogP contribution in [0.25, 0.3) is 10.2 Å². The van der Waals surface area contributed by atoms with E-state index in [1.807, 2.05) is 11.3 Å². The van der Waals surface area contributed by atoms with Crippen molar-refractivity contribution in [2.75, 3.05) is 0 Å². The Balaban J connectivity index is 1.72. The average molecular weight is 246 g/mol. The molecule has 2 aromatic rings. The Morgan fingerprint density at radius 1 is 1.35 bits per heavy atom. The quantitative estimate of drug-likeness (QED) is 0.889. The summed E-state index contributed by atoms with van der Waals surface area (Å²) in [5, 5.41) is 4.92. The predicted octanol–water partition coefficient (Wildman–Crippen LogP) is 3.72. The largest absolute Gasteiger partial charge is 0.305 e. The summed E-state index contributed by atoms with van der Waals surface area (Å²) in [6.45, 7) is 3.21. The Hall–Kier alpha value is -0.930. The molecule has 1 aliphatic rings. The first-order valence-corrected chi connectivity index (χ1v) is 7.22. The molecule has 3 rings (SSSR count). The van der Waals surface area contributed by atoms with Crippen molar-refractivity contribution in [2.45, 2.75) is 44.7 Å². The Morgan fingerprint density at radius 3 is 2.82 bits per heavy atom. The molecule has 0 atom stereocenters. The van der Waals surface area contributed by atoms with Crippen LogP contribution in [0.5, 0.6) is 0 Å². The van der Waals surface area contributed by atoms with Gasteiger partial charge in [-0.25, -0.2) is 4.98 Å².